The van der Waals surface area contributed by atoms with Crippen molar-refractivity contribution in [2.24, 2.45) is 11.3 Å². The SMILES string of the molecule is CC/C(=C\c1ccccc1)C1CC1NC1CC2(C1)CN(C(=O)OC(C)(C)C)C2. The van der Waals surface area contributed by atoms with E-state index < -0.39 is 5.60 Å². The van der Waals surface area contributed by atoms with E-state index in [2.05, 4.69) is 48.6 Å². The van der Waals surface area contributed by atoms with Crippen molar-refractivity contribution in [2.45, 2.75) is 71.1 Å². The maximum absolute atomic E-state index is 12.1. The maximum atomic E-state index is 12.1. The molecule has 1 aromatic rings. The molecule has 1 aliphatic heterocycles. The molecule has 4 heteroatoms. The van der Waals surface area contributed by atoms with Crippen molar-refractivity contribution in [3.05, 3.63) is 41.5 Å². The van der Waals surface area contributed by atoms with E-state index in [9.17, 15) is 4.79 Å². The van der Waals surface area contributed by atoms with Gasteiger partial charge in [-0.1, -0.05) is 48.9 Å². The molecular weight excluding hydrogens is 348 g/mol. The highest BCUT2D eigenvalue weighted by Crippen LogP contribution is 2.50. The number of rotatable bonds is 5. The van der Waals surface area contributed by atoms with Crippen LogP contribution in [0.5, 0.6) is 0 Å². The van der Waals surface area contributed by atoms with Crippen molar-refractivity contribution in [3.63, 3.8) is 0 Å². The van der Waals surface area contributed by atoms with Gasteiger partial charge in [-0.2, -0.15) is 0 Å². The number of ether oxygens (including phenoxy) is 1. The molecule has 1 amide bonds. The zero-order chi connectivity index (χ0) is 19.9. The summed E-state index contributed by atoms with van der Waals surface area (Å²) in [5.41, 5.74) is 2.82. The third kappa shape index (κ3) is 4.27. The van der Waals surface area contributed by atoms with Crippen molar-refractivity contribution in [3.8, 4) is 0 Å². The summed E-state index contributed by atoms with van der Waals surface area (Å²) in [4.78, 5) is 14.0. The monoisotopic (exact) mass is 382 g/mol. The van der Waals surface area contributed by atoms with E-state index in [0.717, 1.165) is 19.5 Å². The maximum Gasteiger partial charge on any atom is 0.410 e. The third-order valence-corrected chi connectivity index (χ3v) is 6.34. The lowest BCUT2D eigenvalue weighted by molar-refractivity contribution is -0.0831. The summed E-state index contributed by atoms with van der Waals surface area (Å²) >= 11 is 0. The van der Waals surface area contributed by atoms with Crippen LogP contribution in [0.15, 0.2) is 35.9 Å². The molecular formula is C24H34N2O2. The molecule has 0 bridgehead atoms. The minimum absolute atomic E-state index is 0.157. The number of carbonyl (C=O) groups excluding carboxylic acids is 1. The largest absolute Gasteiger partial charge is 0.444 e. The van der Waals surface area contributed by atoms with Gasteiger partial charge in [-0.3, -0.25) is 0 Å². The average molecular weight is 383 g/mol. The Bertz CT molecular complexity index is 736. The molecule has 1 saturated heterocycles. The van der Waals surface area contributed by atoms with Crippen LogP contribution in [-0.4, -0.2) is 41.8 Å². The molecule has 152 valence electrons. The summed E-state index contributed by atoms with van der Waals surface area (Å²) in [7, 11) is 0. The molecule has 2 saturated carbocycles. The van der Waals surface area contributed by atoms with Crippen molar-refractivity contribution in [2.75, 3.05) is 13.1 Å². The Morgan fingerprint density at radius 1 is 1.25 bits per heavy atom. The number of benzene rings is 1. The Morgan fingerprint density at radius 2 is 1.93 bits per heavy atom. The molecule has 2 atom stereocenters. The van der Waals surface area contributed by atoms with E-state index in [1.165, 1.54) is 24.8 Å². The first kappa shape index (κ1) is 19.5. The van der Waals surface area contributed by atoms with E-state index in [4.69, 9.17) is 4.74 Å². The minimum atomic E-state index is -0.408. The van der Waals surface area contributed by atoms with Crippen LogP contribution in [-0.2, 0) is 4.74 Å². The van der Waals surface area contributed by atoms with Gasteiger partial charge in [0.15, 0.2) is 0 Å². The predicted molar refractivity (Wildman–Crippen MR) is 113 cm³/mol. The van der Waals surface area contributed by atoms with Crippen LogP contribution in [0, 0.1) is 11.3 Å². The zero-order valence-corrected chi connectivity index (χ0v) is 17.7. The van der Waals surface area contributed by atoms with Gasteiger partial charge in [0.1, 0.15) is 5.60 Å². The van der Waals surface area contributed by atoms with Gasteiger partial charge in [0.2, 0.25) is 0 Å². The van der Waals surface area contributed by atoms with E-state index in [1.54, 1.807) is 5.57 Å². The van der Waals surface area contributed by atoms with Crippen LogP contribution in [0.4, 0.5) is 4.79 Å². The van der Waals surface area contributed by atoms with Gasteiger partial charge in [-0.25, -0.2) is 4.79 Å². The molecule has 0 aromatic heterocycles. The zero-order valence-electron chi connectivity index (χ0n) is 17.7. The Labute approximate surface area is 169 Å². The van der Waals surface area contributed by atoms with Gasteiger partial charge < -0.3 is 15.0 Å². The Hall–Kier alpha value is -1.81. The lowest BCUT2D eigenvalue weighted by Gasteiger charge is -2.58. The Kier molecular flexibility index (Phi) is 5.03. The average Bonchev–Trinajstić information content (AvgIpc) is 3.32. The molecule has 28 heavy (non-hydrogen) atoms. The summed E-state index contributed by atoms with van der Waals surface area (Å²) in [6.07, 6.45) is 6.99. The summed E-state index contributed by atoms with van der Waals surface area (Å²) in [5.74, 6) is 0.696. The van der Waals surface area contributed by atoms with Gasteiger partial charge in [0.05, 0.1) is 0 Å². The van der Waals surface area contributed by atoms with Crippen LogP contribution < -0.4 is 5.32 Å². The highest BCUT2D eigenvalue weighted by Gasteiger charge is 2.55. The first-order chi connectivity index (χ1) is 13.3. The van der Waals surface area contributed by atoms with Crippen molar-refractivity contribution < 1.29 is 9.53 Å². The fourth-order valence-electron chi connectivity index (χ4n) is 4.91. The van der Waals surface area contributed by atoms with E-state index >= 15 is 0 Å². The van der Waals surface area contributed by atoms with E-state index in [1.807, 2.05) is 25.7 Å². The second-order valence-corrected chi connectivity index (χ2v) is 10.0. The lowest BCUT2D eigenvalue weighted by Crippen LogP contribution is -2.67. The summed E-state index contributed by atoms with van der Waals surface area (Å²) < 4.78 is 5.47. The minimum Gasteiger partial charge on any atom is -0.444 e. The molecule has 1 spiro atoms. The highest BCUT2D eigenvalue weighted by molar-refractivity contribution is 5.69. The van der Waals surface area contributed by atoms with Gasteiger partial charge in [0, 0.05) is 30.6 Å². The number of hydrogen-bond acceptors (Lipinski definition) is 3. The molecule has 1 N–H and O–H groups in total. The first-order valence-electron chi connectivity index (χ1n) is 10.8. The molecule has 1 heterocycles. The smallest absolute Gasteiger partial charge is 0.410 e. The second-order valence-electron chi connectivity index (χ2n) is 10.0. The number of nitrogens with one attached hydrogen (secondary N) is 1. The highest BCUT2D eigenvalue weighted by atomic mass is 16.6. The number of likely N-dealkylation sites (tertiary alicyclic amines) is 1. The molecule has 4 nitrogen and oxygen atoms in total. The van der Waals surface area contributed by atoms with Gasteiger partial charge in [-0.05, 0) is 57.9 Å². The molecule has 3 fully saturated rings. The second kappa shape index (κ2) is 7.22. The quantitative estimate of drug-likeness (QED) is 0.791. The number of carbonyl (C=O) groups is 1. The van der Waals surface area contributed by atoms with Crippen molar-refractivity contribution in [1.82, 2.24) is 10.2 Å². The Morgan fingerprint density at radius 3 is 2.54 bits per heavy atom. The molecule has 0 radical (unpaired) electrons. The van der Waals surface area contributed by atoms with Crippen molar-refractivity contribution in [1.29, 1.82) is 0 Å². The first-order valence-corrected chi connectivity index (χ1v) is 10.8. The van der Waals surface area contributed by atoms with Crippen LogP contribution in [0.25, 0.3) is 6.08 Å². The predicted octanol–water partition coefficient (Wildman–Crippen LogP) is 4.86. The third-order valence-electron chi connectivity index (χ3n) is 6.34. The van der Waals surface area contributed by atoms with E-state index in [-0.39, 0.29) is 6.09 Å². The van der Waals surface area contributed by atoms with E-state index in [0.29, 0.717) is 23.4 Å². The Balaban J connectivity index is 1.21. The van der Waals surface area contributed by atoms with Crippen molar-refractivity contribution >= 4 is 12.2 Å². The van der Waals surface area contributed by atoms with Gasteiger partial charge >= 0.3 is 6.09 Å². The number of amides is 1. The molecule has 2 aliphatic carbocycles. The standard InChI is InChI=1S/C24H34N2O2/c1-5-18(11-17-9-7-6-8-10-17)20-12-21(20)25-19-13-24(14-19)15-26(16-24)22(27)28-23(2,3)4/h6-11,19-21,25H,5,12-16H2,1-4H3/b18-11+. The molecule has 1 aromatic carbocycles. The normalized spacial score (nSPS) is 26.6. The molecule has 3 aliphatic rings. The molecule has 2 unspecified atom stereocenters. The van der Waals surface area contributed by atoms with Crippen LogP contribution >= 0.6 is 0 Å². The summed E-state index contributed by atoms with van der Waals surface area (Å²) in [6, 6.07) is 11.9. The molecule has 4 rings (SSSR count). The number of nitrogens with zero attached hydrogens (tertiary/aromatic N) is 1. The van der Waals surface area contributed by atoms with Gasteiger partial charge in [-0.15, -0.1) is 0 Å². The summed E-state index contributed by atoms with van der Waals surface area (Å²) in [5, 5.41) is 3.87. The summed E-state index contributed by atoms with van der Waals surface area (Å²) in [6.45, 7) is 9.76. The van der Waals surface area contributed by atoms with Crippen LogP contribution in [0.2, 0.25) is 0 Å². The van der Waals surface area contributed by atoms with Gasteiger partial charge in [0.25, 0.3) is 0 Å². The van der Waals surface area contributed by atoms with Crippen LogP contribution in [0.1, 0.15) is 58.9 Å². The fourth-order valence-corrected chi connectivity index (χ4v) is 4.91. The number of hydrogen-bond donors (Lipinski definition) is 1. The fraction of sp³-hybridized carbons (Fsp3) is 0.625. The van der Waals surface area contributed by atoms with Crippen LogP contribution in [0.3, 0.4) is 0 Å². The lowest BCUT2D eigenvalue weighted by atomic mass is 9.60. The topological polar surface area (TPSA) is 41.6 Å².